The Hall–Kier alpha value is -8.52. The van der Waals surface area contributed by atoms with Gasteiger partial charge in [-0.05, 0) is 81.4 Å². The maximum Gasteiger partial charge on any atom is 0.188 e. The van der Waals surface area contributed by atoms with Gasteiger partial charge >= 0.3 is 0 Å². The predicted octanol–water partition coefficient (Wildman–Crippen LogP) is 11.8. The van der Waals surface area contributed by atoms with Gasteiger partial charge in [0.2, 0.25) is 0 Å². The molecule has 0 aliphatic carbocycles. The second kappa shape index (κ2) is 13.7. The molecule has 0 radical (unpaired) electrons. The van der Waals surface area contributed by atoms with Gasteiger partial charge < -0.3 is 18.0 Å². The molecule has 14 aromatic rings. The average Bonchev–Trinajstić information content (AvgIpc) is 4.13. The molecule has 6 nitrogen and oxygen atoms in total. The number of para-hydroxylation sites is 4. The molecule has 0 N–H and O–H groups in total. The number of fused-ring (bicyclic) bond motifs is 12. The van der Waals surface area contributed by atoms with Gasteiger partial charge in [0.15, 0.2) is 8.07 Å². The van der Waals surface area contributed by atoms with Crippen molar-refractivity contribution in [2.75, 3.05) is 0 Å². The summed E-state index contributed by atoms with van der Waals surface area (Å²) in [6.07, 6.45) is 7.67. The van der Waals surface area contributed by atoms with Crippen LogP contribution in [0.25, 0.3) is 98.9 Å². The normalized spacial score (nSPS) is 12.3. The Labute approximate surface area is 372 Å². The molecule has 0 saturated heterocycles. The second-order valence-electron chi connectivity index (χ2n) is 16.9. The van der Waals surface area contributed by atoms with Gasteiger partial charge in [0.1, 0.15) is 22.3 Å². The Balaban J connectivity index is 1.04. The fourth-order valence-electron chi connectivity index (χ4n) is 10.9. The molecule has 0 unspecified atom stereocenters. The number of hydrogen-bond donors (Lipinski definition) is 0. The fourth-order valence-corrected chi connectivity index (χ4v) is 15.9. The summed E-state index contributed by atoms with van der Waals surface area (Å²) in [5.41, 5.74) is 9.99. The molecule has 8 aromatic carbocycles. The van der Waals surface area contributed by atoms with Crippen LogP contribution in [0.2, 0.25) is 0 Å². The van der Waals surface area contributed by atoms with Crippen LogP contribution in [0.1, 0.15) is 0 Å². The van der Waals surface area contributed by atoms with Gasteiger partial charge in [-0.15, -0.1) is 0 Å². The molecule has 6 heterocycles. The monoisotopic (exact) mass is 848 g/mol. The van der Waals surface area contributed by atoms with E-state index in [0.717, 1.165) is 87.7 Å². The van der Waals surface area contributed by atoms with E-state index in [-0.39, 0.29) is 0 Å². The number of aromatic nitrogens is 4. The summed E-state index contributed by atoms with van der Waals surface area (Å²) >= 11 is 0. The molecule has 0 bridgehead atoms. The summed E-state index contributed by atoms with van der Waals surface area (Å²) in [6.45, 7) is 0. The van der Waals surface area contributed by atoms with Crippen molar-refractivity contribution in [3.63, 3.8) is 0 Å². The van der Waals surface area contributed by atoms with Crippen molar-refractivity contribution in [1.82, 2.24) is 19.1 Å². The zero-order valence-electron chi connectivity index (χ0n) is 34.9. The summed E-state index contributed by atoms with van der Waals surface area (Å²) in [4.78, 5) is 9.10. The van der Waals surface area contributed by atoms with Gasteiger partial charge in [0.25, 0.3) is 0 Å². The molecule has 0 amide bonds. The van der Waals surface area contributed by atoms with E-state index in [1.54, 1.807) is 0 Å². The first-order valence-electron chi connectivity index (χ1n) is 22.0. The summed E-state index contributed by atoms with van der Waals surface area (Å²) in [5.74, 6) is 0. The quantitative estimate of drug-likeness (QED) is 0.124. The minimum absolute atomic E-state index is 0.842. The van der Waals surface area contributed by atoms with Crippen LogP contribution in [-0.4, -0.2) is 27.2 Å². The highest BCUT2D eigenvalue weighted by atomic mass is 28.3. The van der Waals surface area contributed by atoms with Crippen LogP contribution >= 0.6 is 0 Å². The standard InChI is InChI=1S/C58H36N4O2Si/c1-3-13-39(14-4-1)65(40-15-5-2-6-16-40,55-23-11-19-45-47-33-37(25-27-53(47)63-57(45)55)61-49-21-9-7-17-41(49)43-29-31-59-35-51(43)61)56-24-12-20-46-48-34-38(26-28-54(48)64-58(46)56)62-50-22-10-8-18-42(50)44-30-32-60-36-52(44)62/h1-36H. The van der Waals surface area contributed by atoms with E-state index in [9.17, 15) is 0 Å². The molecule has 0 spiro atoms. The van der Waals surface area contributed by atoms with Crippen molar-refractivity contribution >= 4 is 116 Å². The molecular formula is C58H36N4O2Si. The molecule has 65 heavy (non-hydrogen) atoms. The van der Waals surface area contributed by atoms with Gasteiger partial charge in [0.05, 0.1) is 34.5 Å². The van der Waals surface area contributed by atoms with Gasteiger partial charge in [-0.3, -0.25) is 9.97 Å². The van der Waals surface area contributed by atoms with Crippen LogP contribution in [0, 0.1) is 0 Å². The Morgan fingerprint density at radius 1 is 0.338 bits per heavy atom. The molecule has 6 aromatic heterocycles. The number of benzene rings is 8. The van der Waals surface area contributed by atoms with Crippen molar-refractivity contribution in [2.24, 2.45) is 0 Å². The van der Waals surface area contributed by atoms with Gasteiger partial charge in [-0.2, -0.15) is 0 Å². The zero-order valence-corrected chi connectivity index (χ0v) is 35.9. The van der Waals surface area contributed by atoms with Crippen LogP contribution in [0.5, 0.6) is 0 Å². The molecule has 0 atom stereocenters. The van der Waals surface area contributed by atoms with Crippen LogP contribution in [-0.2, 0) is 0 Å². The Bertz CT molecular complexity index is 3820. The summed E-state index contributed by atoms with van der Waals surface area (Å²) in [7, 11) is -3.25. The minimum atomic E-state index is -3.25. The highest BCUT2D eigenvalue weighted by Gasteiger charge is 2.45. The molecular weight excluding hydrogens is 813 g/mol. The Kier molecular flexibility index (Phi) is 7.61. The van der Waals surface area contributed by atoms with E-state index in [0.29, 0.717) is 0 Å². The summed E-state index contributed by atoms with van der Waals surface area (Å²) in [5, 5.41) is 13.8. The Morgan fingerprint density at radius 2 is 0.754 bits per heavy atom. The van der Waals surface area contributed by atoms with Gasteiger partial charge in [-0.25, -0.2) is 0 Å². The number of pyridine rings is 2. The van der Waals surface area contributed by atoms with Crippen molar-refractivity contribution in [3.8, 4) is 11.4 Å². The zero-order chi connectivity index (χ0) is 42.6. The molecule has 0 fully saturated rings. The van der Waals surface area contributed by atoms with Crippen molar-refractivity contribution in [1.29, 1.82) is 0 Å². The number of hydrogen-bond acceptors (Lipinski definition) is 4. The molecule has 0 aliphatic rings. The predicted molar refractivity (Wildman–Crippen MR) is 269 cm³/mol. The van der Waals surface area contributed by atoms with E-state index >= 15 is 0 Å². The average molecular weight is 849 g/mol. The van der Waals surface area contributed by atoms with Crippen LogP contribution in [0.15, 0.2) is 228 Å². The van der Waals surface area contributed by atoms with Crippen molar-refractivity contribution in [2.45, 2.75) is 0 Å². The molecule has 304 valence electrons. The molecule has 0 saturated carbocycles. The third-order valence-corrected chi connectivity index (χ3v) is 18.5. The number of nitrogens with zero attached hydrogens (tertiary/aromatic N) is 4. The van der Waals surface area contributed by atoms with Crippen LogP contribution in [0.4, 0.5) is 0 Å². The number of rotatable bonds is 6. The lowest BCUT2D eigenvalue weighted by atomic mass is 10.1. The lowest BCUT2D eigenvalue weighted by Crippen LogP contribution is -2.75. The highest BCUT2D eigenvalue weighted by Crippen LogP contribution is 2.38. The lowest BCUT2D eigenvalue weighted by Gasteiger charge is -2.34. The van der Waals surface area contributed by atoms with E-state index < -0.39 is 8.07 Å². The number of furan rings is 2. The first kappa shape index (κ1) is 36.0. The smallest absolute Gasteiger partial charge is 0.188 e. The minimum Gasteiger partial charge on any atom is -0.456 e. The van der Waals surface area contributed by atoms with E-state index in [1.807, 2.05) is 24.8 Å². The van der Waals surface area contributed by atoms with Gasteiger partial charge in [0, 0.05) is 66.9 Å². The Morgan fingerprint density at radius 3 is 1.23 bits per heavy atom. The fraction of sp³-hybridized carbons (Fsp3) is 0. The summed E-state index contributed by atoms with van der Waals surface area (Å²) in [6, 6.07) is 70.0. The lowest BCUT2D eigenvalue weighted by molar-refractivity contribution is 0.670. The first-order chi connectivity index (χ1) is 32.3. The molecule has 14 rings (SSSR count). The third kappa shape index (κ3) is 5.04. The SMILES string of the molecule is c1ccc([Si](c2ccccc2)(c2cccc3c2oc2ccc(-n4c5ccccc5c5ccncc54)cc23)c2cccc3c2oc2ccc(-n4c5ccccc5c5ccncc54)cc23)cc1. The topological polar surface area (TPSA) is 61.9 Å². The van der Waals surface area contributed by atoms with Crippen LogP contribution < -0.4 is 20.7 Å². The third-order valence-electron chi connectivity index (χ3n) is 13.7. The molecule has 7 heteroatoms. The second-order valence-corrected chi connectivity index (χ2v) is 20.6. The van der Waals surface area contributed by atoms with Crippen molar-refractivity contribution < 1.29 is 8.83 Å². The maximum absolute atomic E-state index is 7.17. The summed E-state index contributed by atoms with van der Waals surface area (Å²) < 4.78 is 19.0. The van der Waals surface area contributed by atoms with Crippen molar-refractivity contribution in [3.05, 3.63) is 219 Å². The van der Waals surface area contributed by atoms with E-state index in [2.05, 4.69) is 213 Å². The van der Waals surface area contributed by atoms with Gasteiger partial charge in [-0.1, -0.05) is 133 Å². The maximum atomic E-state index is 7.17. The largest absolute Gasteiger partial charge is 0.456 e. The highest BCUT2D eigenvalue weighted by molar-refractivity contribution is 7.21. The van der Waals surface area contributed by atoms with E-state index in [4.69, 9.17) is 8.83 Å². The molecule has 0 aliphatic heterocycles. The van der Waals surface area contributed by atoms with E-state index in [1.165, 1.54) is 31.9 Å². The van der Waals surface area contributed by atoms with Crippen LogP contribution in [0.3, 0.4) is 0 Å². The first-order valence-corrected chi connectivity index (χ1v) is 24.0.